The largest absolute Gasteiger partial charge is 0.485 e. The van der Waals surface area contributed by atoms with Gasteiger partial charge in [-0.2, -0.15) is 0 Å². The number of ether oxygens (including phenoxy) is 1. The number of nitrogens with zero attached hydrogens (tertiary/aromatic N) is 1. The van der Waals surface area contributed by atoms with Crippen LogP contribution in [0.15, 0.2) is 21.5 Å². The minimum absolute atomic E-state index is 0.194. The quantitative estimate of drug-likeness (QED) is 0.746. The van der Waals surface area contributed by atoms with Crippen molar-refractivity contribution in [1.29, 1.82) is 0 Å². The summed E-state index contributed by atoms with van der Waals surface area (Å²) in [5.41, 5.74) is 5.13. The fraction of sp³-hybridized carbons (Fsp3) is 0.500. The minimum Gasteiger partial charge on any atom is -0.485 e. The highest BCUT2D eigenvalue weighted by molar-refractivity contribution is 5.17. The van der Waals surface area contributed by atoms with E-state index in [0.29, 0.717) is 12.4 Å². The lowest BCUT2D eigenvalue weighted by Gasteiger charge is -2.10. The Morgan fingerprint density at radius 2 is 2.27 bits per heavy atom. The van der Waals surface area contributed by atoms with E-state index >= 15 is 0 Å². The lowest BCUT2D eigenvalue weighted by molar-refractivity contribution is 0.252. The zero-order chi connectivity index (χ0) is 11.3. The Balaban J connectivity index is 2.58. The van der Waals surface area contributed by atoms with Crippen molar-refractivity contribution in [2.24, 2.45) is 5.73 Å². The SMILES string of the molecule is CN(C)CCOc1coc(CN)cc1=O. The molecule has 1 rings (SSSR count). The van der Waals surface area contributed by atoms with Crippen molar-refractivity contribution in [2.45, 2.75) is 6.54 Å². The first-order valence-electron chi connectivity index (χ1n) is 4.73. The Kier molecular flexibility index (Phi) is 4.33. The van der Waals surface area contributed by atoms with E-state index in [1.807, 2.05) is 19.0 Å². The summed E-state index contributed by atoms with van der Waals surface area (Å²) in [5.74, 6) is 0.689. The van der Waals surface area contributed by atoms with E-state index in [-0.39, 0.29) is 17.7 Å². The molecular weight excluding hydrogens is 196 g/mol. The number of rotatable bonds is 5. The van der Waals surface area contributed by atoms with Gasteiger partial charge in [-0.05, 0) is 14.1 Å². The van der Waals surface area contributed by atoms with Crippen LogP contribution in [-0.2, 0) is 6.54 Å². The van der Waals surface area contributed by atoms with Crippen LogP contribution in [0.5, 0.6) is 5.75 Å². The molecular formula is C10H16N2O3. The van der Waals surface area contributed by atoms with Gasteiger partial charge in [-0.25, -0.2) is 0 Å². The van der Waals surface area contributed by atoms with Gasteiger partial charge in [-0.1, -0.05) is 0 Å². The predicted octanol–water partition coefficient (Wildman–Crippen LogP) is 0.0389. The smallest absolute Gasteiger partial charge is 0.227 e. The van der Waals surface area contributed by atoms with Gasteiger partial charge in [0.1, 0.15) is 18.6 Å². The van der Waals surface area contributed by atoms with E-state index in [2.05, 4.69) is 0 Å². The van der Waals surface area contributed by atoms with Crippen LogP contribution in [-0.4, -0.2) is 32.1 Å². The molecule has 0 spiro atoms. The Morgan fingerprint density at radius 1 is 1.53 bits per heavy atom. The number of hydrogen-bond donors (Lipinski definition) is 1. The summed E-state index contributed by atoms with van der Waals surface area (Å²) in [6.07, 6.45) is 1.31. The number of likely N-dealkylation sites (N-methyl/N-ethyl adjacent to an activating group) is 1. The molecule has 15 heavy (non-hydrogen) atoms. The van der Waals surface area contributed by atoms with Crippen LogP contribution < -0.4 is 15.9 Å². The summed E-state index contributed by atoms with van der Waals surface area (Å²) < 4.78 is 10.3. The summed E-state index contributed by atoms with van der Waals surface area (Å²) in [5, 5.41) is 0. The van der Waals surface area contributed by atoms with Crippen LogP contribution in [0.3, 0.4) is 0 Å². The molecule has 0 amide bonds. The van der Waals surface area contributed by atoms with Crippen molar-refractivity contribution in [3.63, 3.8) is 0 Å². The van der Waals surface area contributed by atoms with E-state index < -0.39 is 0 Å². The molecule has 0 bridgehead atoms. The van der Waals surface area contributed by atoms with E-state index in [0.717, 1.165) is 6.54 Å². The van der Waals surface area contributed by atoms with Crippen LogP contribution in [0, 0.1) is 0 Å². The zero-order valence-electron chi connectivity index (χ0n) is 9.03. The fourth-order valence-electron chi connectivity index (χ4n) is 0.989. The molecule has 0 aliphatic carbocycles. The molecule has 1 heterocycles. The summed E-state index contributed by atoms with van der Waals surface area (Å²) in [4.78, 5) is 13.4. The summed E-state index contributed by atoms with van der Waals surface area (Å²) in [7, 11) is 3.87. The van der Waals surface area contributed by atoms with Crippen LogP contribution in [0.4, 0.5) is 0 Å². The molecule has 84 valence electrons. The van der Waals surface area contributed by atoms with Gasteiger partial charge in [0.25, 0.3) is 0 Å². The molecule has 0 saturated carbocycles. The topological polar surface area (TPSA) is 68.7 Å². The Bertz CT molecular complexity index is 360. The Hall–Kier alpha value is -1.33. The predicted molar refractivity (Wildman–Crippen MR) is 56.9 cm³/mol. The summed E-state index contributed by atoms with van der Waals surface area (Å²) >= 11 is 0. The van der Waals surface area contributed by atoms with Crippen LogP contribution in [0.1, 0.15) is 5.76 Å². The first-order chi connectivity index (χ1) is 7.13. The molecule has 2 N–H and O–H groups in total. The molecule has 1 aromatic heterocycles. The Morgan fingerprint density at radius 3 is 2.80 bits per heavy atom. The third kappa shape index (κ3) is 3.73. The molecule has 0 aromatic carbocycles. The third-order valence-corrected chi connectivity index (χ3v) is 1.85. The Labute approximate surface area is 88.4 Å². The van der Waals surface area contributed by atoms with E-state index in [4.69, 9.17) is 14.9 Å². The van der Waals surface area contributed by atoms with Crippen molar-refractivity contribution < 1.29 is 9.15 Å². The van der Waals surface area contributed by atoms with Crippen molar-refractivity contribution in [3.8, 4) is 5.75 Å². The highest BCUT2D eigenvalue weighted by atomic mass is 16.5. The van der Waals surface area contributed by atoms with Crippen molar-refractivity contribution in [1.82, 2.24) is 4.90 Å². The monoisotopic (exact) mass is 212 g/mol. The maximum Gasteiger partial charge on any atom is 0.227 e. The van der Waals surface area contributed by atoms with E-state index in [9.17, 15) is 4.79 Å². The van der Waals surface area contributed by atoms with Crippen molar-refractivity contribution >= 4 is 0 Å². The highest BCUT2D eigenvalue weighted by Crippen LogP contribution is 2.04. The van der Waals surface area contributed by atoms with Crippen LogP contribution in [0.25, 0.3) is 0 Å². The molecule has 0 radical (unpaired) electrons. The molecule has 0 saturated heterocycles. The molecule has 0 aliphatic heterocycles. The molecule has 0 aliphatic rings. The maximum atomic E-state index is 11.4. The summed E-state index contributed by atoms with van der Waals surface area (Å²) in [6.45, 7) is 1.42. The van der Waals surface area contributed by atoms with E-state index in [1.165, 1.54) is 12.3 Å². The van der Waals surface area contributed by atoms with Gasteiger partial charge in [-0.15, -0.1) is 0 Å². The van der Waals surface area contributed by atoms with Gasteiger partial charge in [-0.3, -0.25) is 4.79 Å². The standard InChI is InChI=1S/C10H16N2O3/c1-12(2)3-4-14-10-7-15-8(6-11)5-9(10)13/h5,7H,3-4,6,11H2,1-2H3. The normalized spacial score (nSPS) is 10.7. The first-order valence-corrected chi connectivity index (χ1v) is 4.73. The van der Waals surface area contributed by atoms with Crippen molar-refractivity contribution in [3.05, 3.63) is 28.3 Å². The molecule has 5 nitrogen and oxygen atoms in total. The molecule has 0 unspecified atom stereocenters. The van der Waals surface area contributed by atoms with Crippen molar-refractivity contribution in [2.75, 3.05) is 27.2 Å². The zero-order valence-corrected chi connectivity index (χ0v) is 9.03. The second-order valence-corrected chi connectivity index (χ2v) is 3.43. The second kappa shape index (κ2) is 5.53. The molecule has 5 heteroatoms. The molecule has 0 atom stereocenters. The van der Waals surface area contributed by atoms with Gasteiger partial charge in [0.2, 0.25) is 11.2 Å². The maximum absolute atomic E-state index is 11.4. The summed E-state index contributed by atoms with van der Waals surface area (Å²) in [6, 6.07) is 1.35. The molecule has 0 fully saturated rings. The van der Waals surface area contributed by atoms with Gasteiger partial charge < -0.3 is 19.8 Å². The highest BCUT2D eigenvalue weighted by Gasteiger charge is 2.03. The van der Waals surface area contributed by atoms with Gasteiger partial charge in [0.05, 0.1) is 6.54 Å². The fourth-order valence-corrected chi connectivity index (χ4v) is 0.989. The van der Waals surface area contributed by atoms with Crippen LogP contribution in [0.2, 0.25) is 0 Å². The van der Waals surface area contributed by atoms with Gasteiger partial charge >= 0.3 is 0 Å². The van der Waals surface area contributed by atoms with Gasteiger partial charge in [0, 0.05) is 12.6 Å². The number of nitrogens with two attached hydrogens (primary N) is 1. The first kappa shape index (κ1) is 11.7. The average Bonchev–Trinajstić information content (AvgIpc) is 2.20. The van der Waals surface area contributed by atoms with Crippen LogP contribution >= 0.6 is 0 Å². The lowest BCUT2D eigenvalue weighted by atomic mass is 10.4. The minimum atomic E-state index is -0.194. The lowest BCUT2D eigenvalue weighted by Crippen LogP contribution is -2.21. The third-order valence-electron chi connectivity index (χ3n) is 1.85. The second-order valence-electron chi connectivity index (χ2n) is 3.43. The van der Waals surface area contributed by atoms with Gasteiger partial charge in [0.15, 0.2) is 0 Å². The molecule has 1 aromatic rings. The average molecular weight is 212 g/mol. The number of hydrogen-bond acceptors (Lipinski definition) is 5. The van der Waals surface area contributed by atoms with E-state index in [1.54, 1.807) is 0 Å².